The second-order valence-corrected chi connectivity index (χ2v) is 4.16. The molecule has 0 fully saturated rings. The Hall–Kier alpha value is -1.52. The molecule has 5 heteroatoms. The molecule has 1 aromatic heterocycles. The summed E-state index contributed by atoms with van der Waals surface area (Å²) in [6, 6.07) is 7.58. The number of rotatable bonds is 5. The standard InChI is InChI=1S/C12H15ClN4/c13-10-3-1-4-12(7-10)17-9-11(8-16-17)15-6-2-5-14/h1,3-4,7-9,15H,2,5-6,14H2. The quantitative estimate of drug-likeness (QED) is 0.801. The summed E-state index contributed by atoms with van der Waals surface area (Å²) in [5.41, 5.74) is 7.36. The summed E-state index contributed by atoms with van der Waals surface area (Å²) in [5, 5.41) is 8.23. The van der Waals surface area contributed by atoms with Gasteiger partial charge < -0.3 is 11.1 Å². The molecular formula is C12H15ClN4. The van der Waals surface area contributed by atoms with Gasteiger partial charge in [-0.05, 0) is 31.2 Å². The van der Waals surface area contributed by atoms with Gasteiger partial charge in [-0.2, -0.15) is 5.10 Å². The van der Waals surface area contributed by atoms with Gasteiger partial charge in [0.05, 0.1) is 23.8 Å². The van der Waals surface area contributed by atoms with Crippen molar-refractivity contribution in [3.05, 3.63) is 41.7 Å². The topological polar surface area (TPSA) is 55.9 Å². The van der Waals surface area contributed by atoms with E-state index in [1.165, 1.54) is 0 Å². The van der Waals surface area contributed by atoms with Crippen LogP contribution in [-0.2, 0) is 0 Å². The van der Waals surface area contributed by atoms with Crippen molar-refractivity contribution in [3.63, 3.8) is 0 Å². The molecule has 2 rings (SSSR count). The summed E-state index contributed by atoms with van der Waals surface area (Å²) in [4.78, 5) is 0. The van der Waals surface area contributed by atoms with E-state index in [2.05, 4.69) is 10.4 Å². The van der Waals surface area contributed by atoms with E-state index in [0.717, 1.165) is 24.3 Å². The molecular weight excluding hydrogens is 236 g/mol. The molecule has 0 saturated carbocycles. The molecule has 0 saturated heterocycles. The van der Waals surface area contributed by atoms with Gasteiger partial charge in [-0.25, -0.2) is 4.68 Å². The number of halogens is 1. The maximum atomic E-state index is 5.93. The van der Waals surface area contributed by atoms with E-state index in [9.17, 15) is 0 Å². The number of hydrogen-bond donors (Lipinski definition) is 2. The number of hydrogen-bond acceptors (Lipinski definition) is 3. The first-order valence-electron chi connectivity index (χ1n) is 5.54. The fraction of sp³-hybridized carbons (Fsp3) is 0.250. The summed E-state index contributed by atoms with van der Waals surface area (Å²) in [5.74, 6) is 0. The SMILES string of the molecule is NCCCNc1cnn(-c2cccc(Cl)c2)c1. The average Bonchev–Trinajstić information content (AvgIpc) is 2.78. The van der Waals surface area contributed by atoms with Crippen LogP contribution in [0.3, 0.4) is 0 Å². The maximum Gasteiger partial charge on any atom is 0.0731 e. The van der Waals surface area contributed by atoms with E-state index < -0.39 is 0 Å². The molecule has 90 valence electrons. The average molecular weight is 251 g/mol. The highest BCUT2D eigenvalue weighted by Crippen LogP contribution is 2.16. The molecule has 1 heterocycles. The minimum absolute atomic E-state index is 0.690. The van der Waals surface area contributed by atoms with E-state index in [0.29, 0.717) is 11.6 Å². The van der Waals surface area contributed by atoms with Gasteiger partial charge in [-0.3, -0.25) is 0 Å². The monoisotopic (exact) mass is 250 g/mol. The Kier molecular flexibility index (Phi) is 4.01. The number of anilines is 1. The van der Waals surface area contributed by atoms with Crippen molar-refractivity contribution >= 4 is 17.3 Å². The second kappa shape index (κ2) is 5.70. The fourth-order valence-corrected chi connectivity index (χ4v) is 1.69. The van der Waals surface area contributed by atoms with Gasteiger partial charge in [-0.1, -0.05) is 17.7 Å². The Morgan fingerprint density at radius 3 is 3.06 bits per heavy atom. The lowest BCUT2D eigenvalue weighted by Crippen LogP contribution is -2.07. The van der Waals surface area contributed by atoms with Crippen LogP contribution in [0, 0.1) is 0 Å². The summed E-state index contributed by atoms with van der Waals surface area (Å²) in [6.45, 7) is 1.55. The van der Waals surface area contributed by atoms with Crippen molar-refractivity contribution < 1.29 is 0 Å². The Balaban J connectivity index is 2.07. The normalized spacial score (nSPS) is 10.5. The molecule has 0 aliphatic carbocycles. The van der Waals surface area contributed by atoms with E-state index in [-0.39, 0.29) is 0 Å². The van der Waals surface area contributed by atoms with E-state index in [1.807, 2.05) is 30.5 Å². The van der Waals surface area contributed by atoms with Crippen LogP contribution in [0.1, 0.15) is 6.42 Å². The van der Waals surface area contributed by atoms with Crippen molar-refractivity contribution in [2.75, 3.05) is 18.4 Å². The van der Waals surface area contributed by atoms with Crippen molar-refractivity contribution in [1.29, 1.82) is 0 Å². The van der Waals surface area contributed by atoms with Crippen LogP contribution >= 0.6 is 11.6 Å². The minimum Gasteiger partial charge on any atom is -0.382 e. The number of nitrogens with two attached hydrogens (primary N) is 1. The molecule has 2 aromatic rings. The van der Waals surface area contributed by atoms with Crippen LogP contribution in [-0.4, -0.2) is 22.9 Å². The zero-order valence-corrected chi connectivity index (χ0v) is 10.2. The van der Waals surface area contributed by atoms with Crippen LogP contribution in [0.2, 0.25) is 5.02 Å². The Morgan fingerprint density at radius 1 is 1.41 bits per heavy atom. The number of benzene rings is 1. The molecule has 0 amide bonds. The van der Waals surface area contributed by atoms with Gasteiger partial charge in [0.25, 0.3) is 0 Å². The number of nitrogens with zero attached hydrogens (tertiary/aromatic N) is 2. The Morgan fingerprint density at radius 2 is 2.29 bits per heavy atom. The van der Waals surface area contributed by atoms with Crippen molar-refractivity contribution in [3.8, 4) is 5.69 Å². The lowest BCUT2D eigenvalue weighted by molar-refractivity contribution is 0.872. The van der Waals surface area contributed by atoms with Gasteiger partial charge in [0, 0.05) is 11.6 Å². The molecule has 0 aliphatic heterocycles. The zero-order chi connectivity index (χ0) is 12.1. The first kappa shape index (κ1) is 12.0. The van der Waals surface area contributed by atoms with Crippen LogP contribution in [0.25, 0.3) is 5.69 Å². The smallest absolute Gasteiger partial charge is 0.0731 e. The Labute approximate surface area is 105 Å². The minimum atomic E-state index is 0.690. The van der Waals surface area contributed by atoms with Gasteiger partial charge in [0.15, 0.2) is 0 Å². The van der Waals surface area contributed by atoms with Gasteiger partial charge in [0.2, 0.25) is 0 Å². The van der Waals surface area contributed by atoms with Crippen molar-refractivity contribution in [2.45, 2.75) is 6.42 Å². The molecule has 0 unspecified atom stereocenters. The molecule has 0 bridgehead atoms. The van der Waals surface area contributed by atoms with Crippen LogP contribution < -0.4 is 11.1 Å². The fourth-order valence-electron chi connectivity index (χ4n) is 1.51. The van der Waals surface area contributed by atoms with Crippen LogP contribution in [0.5, 0.6) is 0 Å². The van der Waals surface area contributed by atoms with Crippen LogP contribution in [0.4, 0.5) is 5.69 Å². The largest absolute Gasteiger partial charge is 0.382 e. The first-order chi connectivity index (χ1) is 8.29. The van der Waals surface area contributed by atoms with E-state index in [1.54, 1.807) is 10.9 Å². The summed E-state index contributed by atoms with van der Waals surface area (Å²) in [7, 11) is 0. The molecule has 0 radical (unpaired) electrons. The third kappa shape index (κ3) is 3.22. The highest BCUT2D eigenvalue weighted by atomic mass is 35.5. The highest BCUT2D eigenvalue weighted by Gasteiger charge is 2.00. The summed E-state index contributed by atoms with van der Waals surface area (Å²) in [6.07, 6.45) is 4.67. The van der Waals surface area contributed by atoms with Gasteiger partial charge >= 0.3 is 0 Å². The van der Waals surface area contributed by atoms with Gasteiger partial charge in [0.1, 0.15) is 0 Å². The third-order valence-electron chi connectivity index (χ3n) is 2.37. The summed E-state index contributed by atoms with van der Waals surface area (Å²) < 4.78 is 1.79. The zero-order valence-electron chi connectivity index (χ0n) is 9.44. The molecule has 0 spiro atoms. The van der Waals surface area contributed by atoms with Crippen molar-refractivity contribution in [2.24, 2.45) is 5.73 Å². The van der Waals surface area contributed by atoms with Crippen molar-refractivity contribution in [1.82, 2.24) is 9.78 Å². The predicted octanol–water partition coefficient (Wildman–Crippen LogP) is 2.29. The lowest BCUT2D eigenvalue weighted by atomic mass is 10.3. The third-order valence-corrected chi connectivity index (χ3v) is 2.60. The Bertz CT molecular complexity index is 481. The molecule has 4 nitrogen and oxygen atoms in total. The molecule has 17 heavy (non-hydrogen) atoms. The second-order valence-electron chi connectivity index (χ2n) is 3.72. The first-order valence-corrected chi connectivity index (χ1v) is 5.92. The number of nitrogens with one attached hydrogen (secondary N) is 1. The van der Waals surface area contributed by atoms with E-state index >= 15 is 0 Å². The molecule has 0 atom stereocenters. The predicted molar refractivity (Wildman–Crippen MR) is 70.7 cm³/mol. The van der Waals surface area contributed by atoms with Crippen LogP contribution in [0.15, 0.2) is 36.7 Å². The van der Waals surface area contributed by atoms with E-state index in [4.69, 9.17) is 17.3 Å². The molecule has 3 N–H and O–H groups in total. The lowest BCUT2D eigenvalue weighted by Gasteiger charge is -2.02. The molecule has 1 aromatic carbocycles. The molecule has 0 aliphatic rings. The number of aromatic nitrogens is 2. The summed E-state index contributed by atoms with van der Waals surface area (Å²) >= 11 is 5.93. The van der Waals surface area contributed by atoms with Gasteiger partial charge in [-0.15, -0.1) is 0 Å². The highest BCUT2D eigenvalue weighted by molar-refractivity contribution is 6.30. The maximum absolute atomic E-state index is 5.93.